The molecule has 0 N–H and O–H groups in total. The molecule has 0 saturated heterocycles. The number of fused-ring (bicyclic) bond motifs is 2. The summed E-state index contributed by atoms with van der Waals surface area (Å²) in [5.41, 5.74) is 5.69. The van der Waals surface area contributed by atoms with Gasteiger partial charge in [0, 0.05) is 36.6 Å². The summed E-state index contributed by atoms with van der Waals surface area (Å²) in [7, 11) is 1.80. The van der Waals surface area contributed by atoms with Crippen LogP contribution in [0.3, 0.4) is 0 Å². The van der Waals surface area contributed by atoms with Crippen LogP contribution in [0.5, 0.6) is 0 Å². The van der Waals surface area contributed by atoms with Crippen molar-refractivity contribution in [3.63, 3.8) is 0 Å². The van der Waals surface area contributed by atoms with E-state index in [0.717, 1.165) is 59.5 Å². The SMILES string of the molecule is C=Cc1ccc2c(n1)c(N1CCCc3cc(-c4cnn(C)c4)c(C(F)F)cc31)nn2C1CCCCC1. The second-order valence-corrected chi connectivity index (χ2v) is 9.89. The Morgan fingerprint density at radius 2 is 1.94 bits per heavy atom. The van der Waals surface area contributed by atoms with Crippen LogP contribution >= 0.6 is 0 Å². The maximum Gasteiger partial charge on any atom is 0.264 e. The monoisotopic (exact) mass is 488 g/mol. The van der Waals surface area contributed by atoms with Crippen LogP contribution in [0.15, 0.2) is 43.2 Å². The smallest absolute Gasteiger partial charge is 0.264 e. The van der Waals surface area contributed by atoms with Crippen LogP contribution in [-0.2, 0) is 13.5 Å². The molecule has 1 aliphatic carbocycles. The standard InChI is InChI=1S/C28H30F2N6/c1-3-20-11-12-24-26(32-20)28(33-36(24)21-9-5-4-6-10-21)35-13-7-8-18-14-22(19-16-31-34(2)17-19)23(27(29)30)15-25(18)35/h3,11-12,14-17,21,27H,1,4-10,13H2,2H3. The second-order valence-electron chi connectivity index (χ2n) is 9.89. The predicted octanol–water partition coefficient (Wildman–Crippen LogP) is 7.00. The number of pyridine rings is 1. The molecule has 0 atom stereocenters. The lowest BCUT2D eigenvalue weighted by molar-refractivity contribution is 0.152. The molecule has 0 unspecified atom stereocenters. The summed E-state index contributed by atoms with van der Waals surface area (Å²) in [5, 5.41) is 9.31. The third kappa shape index (κ3) is 3.88. The topological polar surface area (TPSA) is 51.8 Å². The lowest BCUT2D eigenvalue weighted by atomic mass is 9.93. The molecule has 3 aromatic heterocycles. The van der Waals surface area contributed by atoms with Crippen molar-refractivity contribution in [2.45, 2.75) is 57.4 Å². The molecular weight excluding hydrogens is 458 g/mol. The van der Waals surface area contributed by atoms with Gasteiger partial charge in [-0.1, -0.05) is 25.8 Å². The zero-order valence-corrected chi connectivity index (χ0v) is 20.5. The third-order valence-corrected chi connectivity index (χ3v) is 7.56. The van der Waals surface area contributed by atoms with Crippen molar-refractivity contribution in [3.8, 4) is 11.1 Å². The van der Waals surface area contributed by atoms with Crippen molar-refractivity contribution in [2.75, 3.05) is 11.4 Å². The van der Waals surface area contributed by atoms with Gasteiger partial charge in [0.25, 0.3) is 6.43 Å². The summed E-state index contributed by atoms with van der Waals surface area (Å²) >= 11 is 0. The van der Waals surface area contributed by atoms with E-state index in [2.05, 4.69) is 27.3 Å². The van der Waals surface area contributed by atoms with Crippen molar-refractivity contribution in [3.05, 3.63) is 60.1 Å². The quantitative estimate of drug-likeness (QED) is 0.303. The van der Waals surface area contributed by atoms with E-state index in [1.807, 2.05) is 12.1 Å². The Labute approximate surface area is 209 Å². The van der Waals surface area contributed by atoms with E-state index < -0.39 is 6.43 Å². The van der Waals surface area contributed by atoms with Gasteiger partial charge in [0.05, 0.1) is 23.4 Å². The van der Waals surface area contributed by atoms with Gasteiger partial charge in [-0.15, -0.1) is 0 Å². The number of aromatic nitrogens is 5. The van der Waals surface area contributed by atoms with Gasteiger partial charge in [-0.3, -0.25) is 9.36 Å². The minimum atomic E-state index is -2.60. The summed E-state index contributed by atoms with van der Waals surface area (Å²) in [6.45, 7) is 4.60. The molecule has 6 rings (SSSR count). The van der Waals surface area contributed by atoms with Gasteiger partial charge in [0.15, 0.2) is 5.82 Å². The fraction of sp³-hybridized carbons (Fsp3) is 0.393. The van der Waals surface area contributed by atoms with E-state index in [4.69, 9.17) is 10.1 Å². The number of alkyl halides is 2. The van der Waals surface area contributed by atoms with Crippen LogP contribution in [0.2, 0.25) is 0 Å². The van der Waals surface area contributed by atoms with E-state index in [0.29, 0.717) is 23.7 Å². The summed E-state index contributed by atoms with van der Waals surface area (Å²) in [4.78, 5) is 6.98. The molecule has 1 fully saturated rings. The summed E-state index contributed by atoms with van der Waals surface area (Å²) in [6, 6.07) is 7.96. The molecule has 2 aliphatic rings. The zero-order chi connectivity index (χ0) is 24.8. The minimum absolute atomic E-state index is 0.0180. The molecule has 0 amide bonds. The fourth-order valence-corrected chi connectivity index (χ4v) is 5.78. The number of aryl methyl sites for hydroxylation is 2. The normalized spacial score (nSPS) is 16.6. The molecule has 4 aromatic rings. The average molecular weight is 489 g/mol. The van der Waals surface area contributed by atoms with Gasteiger partial charge in [0.1, 0.15) is 5.52 Å². The van der Waals surface area contributed by atoms with Gasteiger partial charge >= 0.3 is 0 Å². The Hall–Kier alpha value is -3.55. The zero-order valence-electron chi connectivity index (χ0n) is 20.5. The van der Waals surface area contributed by atoms with E-state index in [1.54, 1.807) is 36.3 Å². The summed E-state index contributed by atoms with van der Waals surface area (Å²) in [6.07, 6.45) is 10.2. The Morgan fingerprint density at radius 3 is 2.67 bits per heavy atom. The number of benzene rings is 1. The average Bonchev–Trinajstić information content (AvgIpc) is 3.51. The van der Waals surface area contributed by atoms with E-state index in [1.165, 1.54) is 19.3 Å². The molecule has 0 spiro atoms. The first kappa shape index (κ1) is 22.9. The molecule has 0 bridgehead atoms. The highest BCUT2D eigenvalue weighted by Crippen LogP contribution is 2.43. The molecule has 186 valence electrons. The first-order valence-corrected chi connectivity index (χ1v) is 12.8. The van der Waals surface area contributed by atoms with E-state index >= 15 is 0 Å². The molecule has 0 radical (unpaired) electrons. The van der Waals surface area contributed by atoms with Crippen molar-refractivity contribution in [2.24, 2.45) is 7.05 Å². The van der Waals surface area contributed by atoms with Gasteiger partial charge < -0.3 is 4.90 Å². The Kier molecular flexibility index (Phi) is 5.82. The predicted molar refractivity (Wildman–Crippen MR) is 139 cm³/mol. The van der Waals surface area contributed by atoms with Crippen LogP contribution in [0, 0.1) is 0 Å². The third-order valence-electron chi connectivity index (χ3n) is 7.56. The molecule has 36 heavy (non-hydrogen) atoms. The first-order chi connectivity index (χ1) is 17.5. The lowest BCUT2D eigenvalue weighted by Crippen LogP contribution is -2.26. The maximum absolute atomic E-state index is 14.3. The lowest BCUT2D eigenvalue weighted by Gasteiger charge is -2.31. The summed E-state index contributed by atoms with van der Waals surface area (Å²) in [5.74, 6) is 0.745. The fourth-order valence-electron chi connectivity index (χ4n) is 5.78. The molecule has 4 heterocycles. The molecular formula is C28H30F2N6. The highest BCUT2D eigenvalue weighted by Gasteiger charge is 2.29. The number of hydrogen-bond donors (Lipinski definition) is 0. The van der Waals surface area contributed by atoms with Crippen LogP contribution < -0.4 is 4.90 Å². The summed E-state index contributed by atoms with van der Waals surface area (Å²) < 4.78 is 32.4. The van der Waals surface area contributed by atoms with Crippen molar-refractivity contribution in [1.82, 2.24) is 24.5 Å². The van der Waals surface area contributed by atoms with Crippen molar-refractivity contribution >= 4 is 28.6 Å². The molecule has 1 aromatic carbocycles. The highest BCUT2D eigenvalue weighted by molar-refractivity contribution is 5.91. The van der Waals surface area contributed by atoms with Crippen LogP contribution in [0.4, 0.5) is 20.3 Å². The van der Waals surface area contributed by atoms with Gasteiger partial charge in [0.2, 0.25) is 0 Å². The van der Waals surface area contributed by atoms with Gasteiger partial charge in [-0.05, 0) is 67.2 Å². The number of anilines is 2. The highest BCUT2D eigenvalue weighted by atomic mass is 19.3. The number of halogens is 2. The molecule has 1 saturated carbocycles. The Balaban J connectivity index is 1.52. The maximum atomic E-state index is 14.3. The number of rotatable bonds is 5. The van der Waals surface area contributed by atoms with Crippen molar-refractivity contribution < 1.29 is 8.78 Å². The van der Waals surface area contributed by atoms with Gasteiger partial charge in [-0.2, -0.15) is 10.2 Å². The van der Waals surface area contributed by atoms with E-state index in [9.17, 15) is 8.78 Å². The van der Waals surface area contributed by atoms with Crippen LogP contribution in [-0.4, -0.2) is 31.1 Å². The minimum Gasteiger partial charge on any atom is -0.323 e. The molecule has 6 nitrogen and oxygen atoms in total. The van der Waals surface area contributed by atoms with Gasteiger partial charge in [-0.25, -0.2) is 13.8 Å². The molecule has 8 heteroatoms. The van der Waals surface area contributed by atoms with Crippen LogP contribution in [0.25, 0.3) is 28.2 Å². The van der Waals surface area contributed by atoms with Crippen LogP contribution in [0.1, 0.15) is 67.8 Å². The number of hydrogen-bond acceptors (Lipinski definition) is 4. The number of nitrogens with zero attached hydrogens (tertiary/aromatic N) is 6. The second kappa shape index (κ2) is 9.15. The Bertz CT molecular complexity index is 1430. The van der Waals surface area contributed by atoms with Crippen molar-refractivity contribution in [1.29, 1.82) is 0 Å². The first-order valence-electron chi connectivity index (χ1n) is 12.8. The Morgan fingerprint density at radius 1 is 1.11 bits per heavy atom. The largest absolute Gasteiger partial charge is 0.323 e. The van der Waals surface area contributed by atoms with E-state index in [-0.39, 0.29) is 5.56 Å². The molecule has 1 aliphatic heterocycles.